The molecule has 104 valence electrons. The molecule has 0 fully saturated rings. The zero-order valence-corrected chi connectivity index (χ0v) is 11.4. The second kappa shape index (κ2) is 6.05. The Kier molecular flexibility index (Phi) is 3.78. The van der Waals surface area contributed by atoms with Gasteiger partial charge in [0.1, 0.15) is 5.82 Å². The van der Waals surface area contributed by atoms with E-state index in [1.54, 1.807) is 12.3 Å². The van der Waals surface area contributed by atoms with Gasteiger partial charge in [-0.25, -0.2) is 4.98 Å². The molecule has 0 unspecified atom stereocenters. The topological polar surface area (TPSA) is 46.9 Å². The number of nitrogens with one attached hydrogen (secondary N) is 1. The van der Waals surface area contributed by atoms with Gasteiger partial charge in [-0.05, 0) is 42.0 Å². The number of nitrogens with zero attached hydrogens (tertiary/aromatic N) is 2. The molecule has 3 rings (SSSR count). The molecule has 0 aliphatic carbocycles. The molecule has 0 saturated carbocycles. The van der Waals surface area contributed by atoms with Gasteiger partial charge in [0.25, 0.3) is 0 Å². The second-order valence-electron chi connectivity index (χ2n) is 4.70. The molecular weight excluding hydrogens is 262 g/mol. The molecule has 1 aromatic carbocycles. The number of amides is 1. The van der Waals surface area contributed by atoms with Crippen molar-refractivity contribution in [2.45, 2.75) is 6.42 Å². The Hall–Kier alpha value is -2.88. The summed E-state index contributed by atoms with van der Waals surface area (Å²) >= 11 is 0. The van der Waals surface area contributed by atoms with Crippen LogP contribution in [0.4, 0.5) is 5.82 Å². The highest BCUT2D eigenvalue weighted by atomic mass is 16.1. The van der Waals surface area contributed by atoms with Crippen LogP contribution >= 0.6 is 0 Å². The van der Waals surface area contributed by atoms with Crippen molar-refractivity contribution in [3.05, 3.63) is 78.8 Å². The van der Waals surface area contributed by atoms with Crippen LogP contribution in [-0.4, -0.2) is 15.5 Å². The summed E-state index contributed by atoms with van der Waals surface area (Å²) in [6, 6.07) is 17.3. The number of rotatable bonds is 4. The van der Waals surface area contributed by atoms with Crippen molar-refractivity contribution in [2.75, 3.05) is 5.32 Å². The third-order valence-electron chi connectivity index (χ3n) is 3.14. The maximum absolute atomic E-state index is 11.9. The van der Waals surface area contributed by atoms with Gasteiger partial charge in [-0.2, -0.15) is 0 Å². The van der Waals surface area contributed by atoms with E-state index in [2.05, 4.69) is 10.3 Å². The minimum Gasteiger partial charge on any atom is -0.324 e. The second-order valence-corrected chi connectivity index (χ2v) is 4.70. The lowest BCUT2D eigenvalue weighted by molar-refractivity contribution is -0.115. The Morgan fingerprint density at radius 3 is 2.43 bits per heavy atom. The number of carbonyl (C=O) groups excluding carboxylic acids is 1. The number of hydrogen-bond donors (Lipinski definition) is 1. The third kappa shape index (κ3) is 3.36. The third-order valence-corrected chi connectivity index (χ3v) is 3.14. The van der Waals surface area contributed by atoms with E-state index in [-0.39, 0.29) is 5.91 Å². The van der Waals surface area contributed by atoms with Gasteiger partial charge in [-0.15, -0.1) is 0 Å². The predicted octanol–water partition coefficient (Wildman–Crippen LogP) is 3.05. The average Bonchev–Trinajstić information content (AvgIpc) is 3.03. The highest BCUT2D eigenvalue weighted by Gasteiger charge is 2.05. The van der Waals surface area contributed by atoms with E-state index in [4.69, 9.17) is 0 Å². The molecule has 2 aromatic heterocycles. The lowest BCUT2D eigenvalue weighted by Gasteiger charge is -2.06. The van der Waals surface area contributed by atoms with Crippen molar-refractivity contribution in [2.24, 2.45) is 0 Å². The van der Waals surface area contributed by atoms with Crippen LogP contribution in [0.25, 0.3) is 5.69 Å². The summed E-state index contributed by atoms with van der Waals surface area (Å²) < 4.78 is 2.03. The van der Waals surface area contributed by atoms with Crippen molar-refractivity contribution in [3.8, 4) is 5.69 Å². The van der Waals surface area contributed by atoms with Gasteiger partial charge in [0.2, 0.25) is 5.91 Å². The summed E-state index contributed by atoms with van der Waals surface area (Å²) in [7, 11) is 0. The normalized spacial score (nSPS) is 10.3. The zero-order chi connectivity index (χ0) is 14.5. The first-order valence-electron chi connectivity index (χ1n) is 6.74. The number of benzene rings is 1. The standard InChI is InChI=1S/C17H15N3O/c21-17(19-16-5-1-2-10-18-16)13-14-6-8-15(9-7-14)20-11-3-4-12-20/h1-12H,13H2,(H,18,19,21). The van der Waals surface area contributed by atoms with Crippen LogP contribution in [0.3, 0.4) is 0 Å². The Morgan fingerprint density at radius 2 is 1.76 bits per heavy atom. The van der Waals surface area contributed by atoms with Crippen LogP contribution in [-0.2, 0) is 11.2 Å². The van der Waals surface area contributed by atoms with E-state index in [0.29, 0.717) is 12.2 Å². The average molecular weight is 277 g/mol. The van der Waals surface area contributed by atoms with Gasteiger partial charge < -0.3 is 9.88 Å². The van der Waals surface area contributed by atoms with Crippen LogP contribution in [0.2, 0.25) is 0 Å². The highest BCUT2D eigenvalue weighted by Crippen LogP contribution is 2.11. The van der Waals surface area contributed by atoms with E-state index in [0.717, 1.165) is 11.3 Å². The van der Waals surface area contributed by atoms with Gasteiger partial charge in [-0.3, -0.25) is 4.79 Å². The molecule has 1 N–H and O–H groups in total. The fourth-order valence-electron chi connectivity index (χ4n) is 2.10. The largest absolute Gasteiger partial charge is 0.324 e. The van der Waals surface area contributed by atoms with Crippen molar-refractivity contribution in [1.82, 2.24) is 9.55 Å². The smallest absolute Gasteiger partial charge is 0.229 e. The number of aromatic nitrogens is 2. The molecule has 0 bridgehead atoms. The minimum absolute atomic E-state index is 0.0672. The number of pyridine rings is 1. The molecule has 3 aromatic rings. The summed E-state index contributed by atoms with van der Waals surface area (Å²) in [5.74, 6) is 0.508. The maximum Gasteiger partial charge on any atom is 0.229 e. The molecule has 1 amide bonds. The summed E-state index contributed by atoms with van der Waals surface area (Å²) in [4.78, 5) is 16.0. The molecule has 4 nitrogen and oxygen atoms in total. The first-order valence-corrected chi connectivity index (χ1v) is 6.74. The van der Waals surface area contributed by atoms with Crippen molar-refractivity contribution >= 4 is 11.7 Å². The molecule has 0 aliphatic heterocycles. The maximum atomic E-state index is 11.9. The summed E-state index contributed by atoms with van der Waals surface area (Å²) in [6.45, 7) is 0. The molecule has 0 saturated heterocycles. The monoisotopic (exact) mass is 277 g/mol. The first-order chi connectivity index (χ1) is 10.3. The Bertz CT molecular complexity index is 704. The quantitative estimate of drug-likeness (QED) is 0.796. The van der Waals surface area contributed by atoms with E-state index < -0.39 is 0 Å². The fourth-order valence-corrected chi connectivity index (χ4v) is 2.10. The molecule has 0 radical (unpaired) electrons. The van der Waals surface area contributed by atoms with Crippen molar-refractivity contribution in [1.29, 1.82) is 0 Å². The van der Waals surface area contributed by atoms with Gasteiger partial charge in [-0.1, -0.05) is 18.2 Å². The lowest BCUT2D eigenvalue weighted by atomic mass is 10.1. The molecule has 4 heteroatoms. The van der Waals surface area contributed by atoms with Gasteiger partial charge in [0.15, 0.2) is 0 Å². The molecule has 0 atom stereocenters. The zero-order valence-electron chi connectivity index (χ0n) is 11.4. The van der Waals surface area contributed by atoms with Crippen molar-refractivity contribution in [3.63, 3.8) is 0 Å². The molecule has 2 heterocycles. The summed E-state index contributed by atoms with van der Waals surface area (Å²) in [5.41, 5.74) is 2.05. The van der Waals surface area contributed by atoms with Gasteiger partial charge in [0.05, 0.1) is 6.42 Å². The Balaban J connectivity index is 1.64. The molecular formula is C17H15N3O. The summed E-state index contributed by atoms with van der Waals surface area (Å²) in [6.07, 6.45) is 5.97. The highest BCUT2D eigenvalue weighted by molar-refractivity contribution is 5.91. The lowest BCUT2D eigenvalue weighted by Crippen LogP contribution is -2.15. The number of hydrogen-bond acceptors (Lipinski definition) is 2. The minimum atomic E-state index is -0.0672. The fraction of sp³-hybridized carbons (Fsp3) is 0.0588. The molecule has 0 aliphatic rings. The van der Waals surface area contributed by atoms with Crippen LogP contribution in [0.5, 0.6) is 0 Å². The number of anilines is 1. The first kappa shape index (κ1) is 13.1. The predicted molar refractivity (Wildman–Crippen MR) is 82.3 cm³/mol. The van der Waals surface area contributed by atoms with Crippen LogP contribution in [0.15, 0.2) is 73.2 Å². The van der Waals surface area contributed by atoms with Crippen molar-refractivity contribution < 1.29 is 4.79 Å². The summed E-state index contributed by atoms with van der Waals surface area (Å²) in [5, 5.41) is 2.78. The molecule has 21 heavy (non-hydrogen) atoms. The van der Waals surface area contributed by atoms with Gasteiger partial charge in [0, 0.05) is 24.3 Å². The Morgan fingerprint density at radius 1 is 1.00 bits per heavy atom. The SMILES string of the molecule is O=C(Cc1ccc(-n2cccc2)cc1)Nc1ccccn1. The Labute approximate surface area is 123 Å². The van der Waals surface area contributed by atoms with E-state index in [9.17, 15) is 4.79 Å². The molecule has 0 spiro atoms. The van der Waals surface area contributed by atoms with Gasteiger partial charge >= 0.3 is 0 Å². The van der Waals surface area contributed by atoms with E-state index in [1.165, 1.54) is 0 Å². The van der Waals surface area contributed by atoms with E-state index >= 15 is 0 Å². The van der Waals surface area contributed by atoms with E-state index in [1.807, 2.05) is 65.5 Å². The van der Waals surface area contributed by atoms with Crippen LogP contribution < -0.4 is 5.32 Å². The number of carbonyl (C=O) groups is 1. The van der Waals surface area contributed by atoms with Crippen LogP contribution in [0, 0.1) is 0 Å². The van der Waals surface area contributed by atoms with Crippen LogP contribution in [0.1, 0.15) is 5.56 Å².